The molecule has 0 aliphatic carbocycles. The minimum atomic E-state index is -0.102. The van der Waals surface area contributed by atoms with Crippen LogP contribution >= 0.6 is 0 Å². The Balaban J connectivity index is 1.39. The maximum absolute atomic E-state index is 13.1. The molecule has 1 aliphatic heterocycles. The van der Waals surface area contributed by atoms with Crippen LogP contribution in [-0.4, -0.2) is 37.4 Å². The molecule has 0 saturated carbocycles. The number of benzene rings is 2. The molecular weight excluding hydrogens is 428 g/mol. The highest BCUT2D eigenvalue weighted by Crippen LogP contribution is 2.36. The van der Waals surface area contributed by atoms with Gasteiger partial charge in [-0.3, -0.25) is 4.79 Å². The topological polar surface area (TPSA) is 69.7 Å². The quantitative estimate of drug-likeness (QED) is 0.335. The number of carbonyl (C=O) groups is 1. The van der Waals surface area contributed by atoms with Crippen LogP contribution in [0.15, 0.2) is 48.5 Å². The normalized spacial score (nSPS) is 13.2. The van der Waals surface area contributed by atoms with Gasteiger partial charge in [0, 0.05) is 30.7 Å². The number of carbonyl (C=O) groups excluding carboxylic acids is 1. The van der Waals surface area contributed by atoms with Crippen LogP contribution in [-0.2, 0) is 4.74 Å². The molecule has 0 spiro atoms. The van der Waals surface area contributed by atoms with Crippen molar-refractivity contribution < 1.29 is 19.0 Å². The van der Waals surface area contributed by atoms with Crippen LogP contribution in [0.2, 0.25) is 0 Å². The number of hydrogen-bond donors (Lipinski definition) is 1. The molecule has 0 bridgehead atoms. The standard InChI is InChI=1S/C28H34N2O4/c1-3-5-9-20(4-2)18-32-15-8-14-29-28(31)23-17-25(30-24-11-7-6-10-22(23)24)21-12-13-26-27(16-21)34-19-33-26/h6-7,10-13,16-17,20H,3-5,8-9,14-15,18-19H2,1-2H3,(H,29,31)/t20-/m1/s1. The highest BCUT2D eigenvalue weighted by atomic mass is 16.7. The first kappa shape index (κ1) is 24.0. The fourth-order valence-electron chi connectivity index (χ4n) is 4.19. The Morgan fingerprint density at radius 1 is 1.09 bits per heavy atom. The van der Waals surface area contributed by atoms with E-state index in [9.17, 15) is 4.79 Å². The van der Waals surface area contributed by atoms with Crippen LogP contribution in [0.3, 0.4) is 0 Å². The van der Waals surface area contributed by atoms with Crippen molar-refractivity contribution in [1.29, 1.82) is 0 Å². The maximum atomic E-state index is 13.1. The minimum absolute atomic E-state index is 0.102. The molecule has 180 valence electrons. The van der Waals surface area contributed by atoms with E-state index in [0.717, 1.165) is 47.4 Å². The number of unbranched alkanes of at least 4 members (excludes halogenated alkanes) is 1. The van der Waals surface area contributed by atoms with Crippen molar-refractivity contribution in [3.8, 4) is 22.8 Å². The van der Waals surface area contributed by atoms with Crippen LogP contribution in [0.25, 0.3) is 22.2 Å². The summed E-state index contributed by atoms with van der Waals surface area (Å²) in [5, 5.41) is 3.89. The molecule has 1 aromatic heterocycles. The SMILES string of the molecule is CCCC[C@@H](CC)COCCCNC(=O)c1cc(-c2ccc3c(c2)OCO3)nc2ccccc12. The second-order valence-electron chi connectivity index (χ2n) is 8.74. The predicted molar refractivity (Wildman–Crippen MR) is 134 cm³/mol. The third-order valence-corrected chi connectivity index (χ3v) is 6.28. The van der Waals surface area contributed by atoms with Gasteiger partial charge in [-0.15, -0.1) is 0 Å². The van der Waals surface area contributed by atoms with Crippen LogP contribution < -0.4 is 14.8 Å². The van der Waals surface area contributed by atoms with Gasteiger partial charge in [0.2, 0.25) is 6.79 Å². The van der Waals surface area contributed by atoms with E-state index in [1.54, 1.807) is 0 Å². The smallest absolute Gasteiger partial charge is 0.252 e. The van der Waals surface area contributed by atoms with E-state index in [2.05, 4.69) is 19.2 Å². The van der Waals surface area contributed by atoms with Gasteiger partial charge in [-0.2, -0.15) is 0 Å². The summed E-state index contributed by atoms with van der Waals surface area (Å²) in [6.07, 6.45) is 5.64. The van der Waals surface area contributed by atoms with Crippen molar-refractivity contribution in [1.82, 2.24) is 10.3 Å². The van der Waals surface area contributed by atoms with Gasteiger partial charge in [0.15, 0.2) is 11.5 Å². The largest absolute Gasteiger partial charge is 0.454 e. The molecule has 2 heterocycles. The Labute approximate surface area is 201 Å². The number of hydrogen-bond acceptors (Lipinski definition) is 5. The van der Waals surface area contributed by atoms with Gasteiger partial charge < -0.3 is 19.5 Å². The second kappa shape index (κ2) is 11.8. The van der Waals surface area contributed by atoms with Gasteiger partial charge in [0.25, 0.3) is 5.91 Å². The van der Waals surface area contributed by atoms with Crippen LogP contribution in [0.4, 0.5) is 0 Å². The highest BCUT2D eigenvalue weighted by Gasteiger charge is 2.17. The van der Waals surface area contributed by atoms with Gasteiger partial charge in [-0.25, -0.2) is 4.98 Å². The van der Waals surface area contributed by atoms with E-state index in [1.165, 1.54) is 19.3 Å². The Morgan fingerprint density at radius 2 is 1.94 bits per heavy atom. The predicted octanol–water partition coefficient (Wildman–Crippen LogP) is 5.98. The molecule has 0 unspecified atom stereocenters. The lowest BCUT2D eigenvalue weighted by Crippen LogP contribution is -2.26. The Hall–Kier alpha value is -3.12. The van der Waals surface area contributed by atoms with E-state index in [4.69, 9.17) is 19.2 Å². The van der Waals surface area contributed by atoms with Crippen molar-refractivity contribution >= 4 is 16.8 Å². The summed E-state index contributed by atoms with van der Waals surface area (Å²) >= 11 is 0. The summed E-state index contributed by atoms with van der Waals surface area (Å²) in [4.78, 5) is 17.9. The fraction of sp³-hybridized carbons (Fsp3) is 0.429. The Bertz CT molecular complexity index is 1110. The molecule has 6 heteroatoms. The summed E-state index contributed by atoms with van der Waals surface area (Å²) in [6.45, 7) is 6.70. The van der Waals surface area contributed by atoms with Gasteiger partial charge in [0.1, 0.15) is 0 Å². The lowest BCUT2D eigenvalue weighted by Gasteiger charge is -2.15. The molecule has 34 heavy (non-hydrogen) atoms. The number of fused-ring (bicyclic) bond motifs is 2. The van der Waals surface area contributed by atoms with Crippen LogP contribution in [0.1, 0.15) is 56.3 Å². The molecule has 0 fully saturated rings. The van der Waals surface area contributed by atoms with Gasteiger partial charge in [-0.1, -0.05) is 51.3 Å². The average molecular weight is 463 g/mol. The molecule has 4 rings (SSSR count). The van der Waals surface area contributed by atoms with Crippen molar-refractivity contribution in [2.45, 2.75) is 46.0 Å². The summed E-state index contributed by atoms with van der Waals surface area (Å²) in [5.41, 5.74) is 3.00. The summed E-state index contributed by atoms with van der Waals surface area (Å²) in [6, 6.07) is 15.3. The number of ether oxygens (including phenoxy) is 3. The zero-order valence-electron chi connectivity index (χ0n) is 20.1. The number of nitrogens with one attached hydrogen (secondary N) is 1. The molecular formula is C28H34N2O4. The van der Waals surface area contributed by atoms with Crippen molar-refractivity contribution in [3.05, 3.63) is 54.1 Å². The third kappa shape index (κ3) is 5.86. The van der Waals surface area contributed by atoms with Crippen molar-refractivity contribution in [3.63, 3.8) is 0 Å². The molecule has 1 aliphatic rings. The van der Waals surface area contributed by atoms with E-state index in [0.29, 0.717) is 30.4 Å². The van der Waals surface area contributed by atoms with Crippen LogP contribution in [0.5, 0.6) is 11.5 Å². The zero-order valence-corrected chi connectivity index (χ0v) is 20.1. The first-order valence-corrected chi connectivity index (χ1v) is 12.3. The highest BCUT2D eigenvalue weighted by molar-refractivity contribution is 6.07. The molecule has 0 radical (unpaired) electrons. The molecule has 2 aromatic carbocycles. The van der Waals surface area contributed by atoms with E-state index >= 15 is 0 Å². The van der Waals surface area contributed by atoms with E-state index in [-0.39, 0.29) is 12.7 Å². The van der Waals surface area contributed by atoms with Gasteiger partial charge in [0.05, 0.1) is 16.8 Å². The summed E-state index contributed by atoms with van der Waals surface area (Å²) in [5.74, 6) is 1.95. The lowest BCUT2D eigenvalue weighted by molar-refractivity contribution is 0.0876. The number of aromatic nitrogens is 1. The molecule has 6 nitrogen and oxygen atoms in total. The van der Waals surface area contributed by atoms with Crippen LogP contribution in [0, 0.1) is 5.92 Å². The first-order valence-electron chi connectivity index (χ1n) is 12.3. The Kier molecular flexibility index (Phi) is 8.36. The number of nitrogens with zero attached hydrogens (tertiary/aromatic N) is 1. The number of para-hydroxylation sites is 1. The van der Waals surface area contributed by atoms with Gasteiger partial charge in [-0.05, 0) is 49.1 Å². The number of pyridine rings is 1. The van der Waals surface area contributed by atoms with Crippen molar-refractivity contribution in [2.24, 2.45) is 5.92 Å². The minimum Gasteiger partial charge on any atom is -0.454 e. The second-order valence-corrected chi connectivity index (χ2v) is 8.74. The first-order chi connectivity index (χ1) is 16.7. The fourth-order valence-corrected chi connectivity index (χ4v) is 4.19. The molecule has 1 amide bonds. The molecule has 3 aromatic rings. The average Bonchev–Trinajstić information content (AvgIpc) is 3.35. The molecule has 1 atom stereocenters. The molecule has 1 N–H and O–H groups in total. The molecule has 0 saturated heterocycles. The van der Waals surface area contributed by atoms with Crippen molar-refractivity contribution in [2.75, 3.05) is 26.6 Å². The lowest BCUT2D eigenvalue weighted by atomic mass is 10.0. The number of amides is 1. The van der Waals surface area contributed by atoms with Gasteiger partial charge >= 0.3 is 0 Å². The number of rotatable bonds is 12. The van der Waals surface area contributed by atoms with E-state index in [1.807, 2.05) is 48.5 Å². The monoisotopic (exact) mass is 462 g/mol. The Morgan fingerprint density at radius 3 is 2.79 bits per heavy atom. The zero-order chi connectivity index (χ0) is 23.8. The summed E-state index contributed by atoms with van der Waals surface area (Å²) < 4.78 is 16.8. The maximum Gasteiger partial charge on any atom is 0.252 e. The van der Waals surface area contributed by atoms with E-state index < -0.39 is 0 Å². The third-order valence-electron chi connectivity index (χ3n) is 6.28. The summed E-state index contributed by atoms with van der Waals surface area (Å²) in [7, 11) is 0.